The maximum Gasteiger partial charge on any atom is 0.338 e. The van der Waals surface area contributed by atoms with Crippen molar-refractivity contribution in [3.63, 3.8) is 0 Å². The first-order valence-electron chi connectivity index (χ1n) is 6.80. The minimum absolute atomic E-state index is 0.637. The molecule has 0 unspecified atom stereocenters. The second-order valence-electron chi connectivity index (χ2n) is 1.58. The number of hydrogen-bond donors (Lipinski definition) is 0. The van der Waals surface area contributed by atoms with Crippen LogP contribution < -0.4 is 0 Å². The second kappa shape index (κ2) is 3.76. The molecule has 1 rings (SSSR count). The maximum absolute atomic E-state index is 11.6. The van der Waals surface area contributed by atoms with Crippen LogP contribution in [0.5, 0.6) is 0 Å². The van der Waals surface area contributed by atoms with Gasteiger partial charge in [-0.05, 0) is 18.9 Å². The number of rotatable bonds is 2. The molecule has 0 saturated heterocycles. The average molecular weight is 158 g/mol. The van der Waals surface area contributed by atoms with Crippen molar-refractivity contribution in [3.8, 4) is 0 Å². The van der Waals surface area contributed by atoms with E-state index in [4.69, 9.17) is 11.0 Å². The Kier molecular flexibility index (Phi) is 0.799. The third-order valence-corrected chi connectivity index (χ3v) is 0.907. The molecule has 0 aromatic heterocycles. The summed E-state index contributed by atoms with van der Waals surface area (Å²) in [4.78, 5) is 11.6. The van der Waals surface area contributed by atoms with Crippen LogP contribution in [0.2, 0.25) is 0 Å². The Morgan fingerprint density at radius 1 is 1.64 bits per heavy atom. The Labute approximate surface area is 77.0 Å². The fourth-order valence-corrected chi connectivity index (χ4v) is 0.490. The summed E-state index contributed by atoms with van der Waals surface area (Å²) in [5.74, 6) is -1.26. The minimum atomic E-state index is -2.51. The molecule has 0 atom stereocenters. The van der Waals surface area contributed by atoms with Crippen molar-refractivity contribution >= 4 is 5.97 Å². The summed E-state index contributed by atoms with van der Waals surface area (Å²) in [6.45, 7) is -3.41. The Bertz CT molecular complexity index is 493. The number of esters is 1. The molecule has 0 N–H and O–H groups in total. The van der Waals surface area contributed by atoms with Crippen LogP contribution in [0.4, 0.5) is 0 Å². The fraction of sp³-hybridized carbons (Fsp3) is 0.222. The van der Waals surface area contributed by atoms with Crippen LogP contribution in [0, 0.1) is 0 Å². The van der Waals surface area contributed by atoms with Crippen molar-refractivity contribution in [3.05, 3.63) is 35.8 Å². The molecule has 0 radical (unpaired) electrons. The predicted molar refractivity (Wildman–Crippen MR) is 42.4 cm³/mol. The van der Waals surface area contributed by atoms with Gasteiger partial charge in [0, 0.05) is 4.11 Å². The summed E-state index contributed by atoms with van der Waals surface area (Å²) in [5.41, 5.74) is -0.671. The fourth-order valence-electron chi connectivity index (χ4n) is 0.490. The van der Waals surface area contributed by atoms with E-state index in [0.29, 0.717) is 0 Å². The monoisotopic (exact) mass is 158 g/mol. The molecule has 0 aliphatic carbocycles. The van der Waals surface area contributed by atoms with Crippen LogP contribution in [0.25, 0.3) is 0 Å². The molecule has 0 spiro atoms. The zero-order valence-electron chi connectivity index (χ0n) is 13.5. The first-order valence-corrected chi connectivity index (χ1v) is 2.80. The topological polar surface area (TPSA) is 26.3 Å². The first-order chi connectivity index (χ1) is 8.56. The number of carbonyl (C=O) groups excluding carboxylic acids is 1. The molecule has 2 heteroatoms. The van der Waals surface area contributed by atoms with Gasteiger partial charge in [0.2, 0.25) is 0 Å². The van der Waals surface area contributed by atoms with Crippen molar-refractivity contribution in [1.29, 1.82) is 0 Å². The van der Waals surface area contributed by atoms with Gasteiger partial charge in [0.05, 0.1) is 19.0 Å². The molecule has 0 heterocycles. The smallest absolute Gasteiger partial charge is 0.338 e. The molecule has 0 aliphatic rings. The summed E-state index contributed by atoms with van der Waals surface area (Å²) < 4.78 is 62.1. The van der Waals surface area contributed by atoms with E-state index in [1.165, 1.54) is 0 Å². The van der Waals surface area contributed by atoms with E-state index in [2.05, 4.69) is 4.74 Å². The predicted octanol–water partition coefficient (Wildman–Crippen LogP) is 1.86. The van der Waals surface area contributed by atoms with Crippen molar-refractivity contribution in [2.75, 3.05) is 6.61 Å². The Hall–Kier alpha value is -1.31. The van der Waals surface area contributed by atoms with Gasteiger partial charge in [0.15, 0.2) is 0 Å². The maximum atomic E-state index is 11.6. The molecular weight excluding hydrogens is 140 g/mol. The van der Waals surface area contributed by atoms with Gasteiger partial charge in [0.25, 0.3) is 0 Å². The largest absolute Gasteiger partial charge is 0.462 e. The lowest BCUT2D eigenvalue weighted by molar-refractivity contribution is 0.0526. The lowest BCUT2D eigenvalue weighted by Crippen LogP contribution is -2.03. The van der Waals surface area contributed by atoms with Crippen LogP contribution in [-0.4, -0.2) is 12.6 Å². The normalized spacial score (nSPS) is 20.7. The van der Waals surface area contributed by atoms with E-state index >= 15 is 0 Å². The van der Waals surface area contributed by atoms with Gasteiger partial charge in [0.1, 0.15) is 0 Å². The van der Waals surface area contributed by atoms with E-state index in [9.17, 15) is 4.79 Å². The highest BCUT2D eigenvalue weighted by Gasteiger charge is 2.02. The molecule has 11 heavy (non-hydrogen) atoms. The molecule has 1 aromatic carbocycles. The number of ether oxygens (including phenoxy) is 1. The highest BCUT2D eigenvalue weighted by molar-refractivity contribution is 5.89. The van der Waals surface area contributed by atoms with Gasteiger partial charge in [-0.15, -0.1) is 0 Å². The number of hydrogen-bond acceptors (Lipinski definition) is 2. The Balaban J connectivity index is 3.18. The summed E-state index contributed by atoms with van der Waals surface area (Å²) in [7, 11) is 0. The molecule has 0 bridgehead atoms. The molecule has 0 fully saturated rings. The quantitative estimate of drug-likeness (QED) is 0.614. The van der Waals surface area contributed by atoms with Gasteiger partial charge in [-0.2, -0.15) is 0 Å². The highest BCUT2D eigenvalue weighted by atomic mass is 16.5. The number of carbonyl (C=O) groups is 1. The standard InChI is InChI=1S/C9H10O2/c1-2-11-9(10)8-6-4-3-5-7-8/h3-7H,2H2,1H3/i1D3,3D,4D,5D,6D,7D. The molecule has 1 aromatic rings. The van der Waals surface area contributed by atoms with Gasteiger partial charge < -0.3 is 4.74 Å². The first kappa shape index (κ1) is 2.34. The Morgan fingerprint density at radius 2 is 2.36 bits per heavy atom. The molecule has 0 aliphatic heterocycles. The van der Waals surface area contributed by atoms with Crippen LogP contribution in [0.3, 0.4) is 0 Å². The lowest BCUT2D eigenvalue weighted by atomic mass is 10.2. The summed E-state index contributed by atoms with van der Waals surface area (Å²) in [6, 6.07) is -3.44. The van der Waals surface area contributed by atoms with Crippen LogP contribution >= 0.6 is 0 Å². The van der Waals surface area contributed by atoms with Crippen LogP contribution in [-0.2, 0) is 4.74 Å². The van der Waals surface area contributed by atoms with Crippen molar-refractivity contribution in [2.24, 2.45) is 0 Å². The van der Waals surface area contributed by atoms with Crippen molar-refractivity contribution < 1.29 is 20.5 Å². The third-order valence-electron chi connectivity index (χ3n) is 0.907. The summed E-state index contributed by atoms with van der Waals surface area (Å²) >= 11 is 0. The number of benzene rings is 1. The van der Waals surface area contributed by atoms with Crippen molar-refractivity contribution in [2.45, 2.75) is 6.85 Å². The zero-order valence-corrected chi connectivity index (χ0v) is 5.52. The summed E-state index contributed by atoms with van der Waals surface area (Å²) in [5, 5.41) is 0. The van der Waals surface area contributed by atoms with E-state index in [0.717, 1.165) is 0 Å². The summed E-state index contributed by atoms with van der Waals surface area (Å²) in [6.07, 6.45) is 0. The third kappa shape index (κ3) is 2.08. The van der Waals surface area contributed by atoms with Gasteiger partial charge in [-0.3, -0.25) is 0 Å². The van der Waals surface area contributed by atoms with Crippen LogP contribution in [0.15, 0.2) is 30.2 Å². The molecule has 58 valence electrons. The van der Waals surface area contributed by atoms with Gasteiger partial charge in [-0.25, -0.2) is 4.79 Å². The second-order valence-corrected chi connectivity index (χ2v) is 1.58. The van der Waals surface area contributed by atoms with Crippen LogP contribution in [0.1, 0.15) is 28.2 Å². The molecule has 0 saturated carbocycles. The zero-order chi connectivity index (χ0) is 15.0. The molecule has 2 nitrogen and oxygen atoms in total. The van der Waals surface area contributed by atoms with E-state index in [1.807, 2.05) is 0 Å². The molecule has 0 amide bonds. The highest BCUT2D eigenvalue weighted by Crippen LogP contribution is 1.99. The van der Waals surface area contributed by atoms with E-state index in [-0.39, 0.29) is 0 Å². The average Bonchev–Trinajstić information content (AvgIpc) is 2.31. The SMILES string of the molecule is [2H]c1c([2H])c([2H])c(C(=O)OCC([2H])([2H])[2H])c([2H])c1[2H]. The van der Waals surface area contributed by atoms with Gasteiger partial charge in [-0.1, -0.05) is 18.1 Å². The van der Waals surface area contributed by atoms with Crippen molar-refractivity contribution in [1.82, 2.24) is 0 Å². The van der Waals surface area contributed by atoms with E-state index in [1.54, 1.807) is 0 Å². The minimum Gasteiger partial charge on any atom is -0.462 e. The van der Waals surface area contributed by atoms with E-state index < -0.39 is 55.2 Å². The van der Waals surface area contributed by atoms with Gasteiger partial charge >= 0.3 is 5.97 Å². The Morgan fingerprint density at radius 3 is 3.00 bits per heavy atom. The molecular formula is C9H10O2. The lowest BCUT2D eigenvalue weighted by Gasteiger charge is -1.99.